The summed E-state index contributed by atoms with van der Waals surface area (Å²) in [4.78, 5) is 21.3. The van der Waals surface area contributed by atoms with Crippen LogP contribution in [0.4, 0.5) is 8.78 Å². The van der Waals surface area contributed by atoms with Gasteiger partial charge in [-0.25, -0.2) is 13.8 Å². The molecule has 44 heavy (non-hydrogen) atoms. The number of hydrogen-bond donors (Lipinski definition) is 0. The highest BCUT2D eigenvalue weighted by atomic mass is 19.3. The number of ketones is 1. The van der Waals surface area contributed by atoms with E-state index in [1.165, 1.54) is 76.8 Å². The minimum absolute atomic E-state index is 0.0153. The number of aryl methyl sites for hydroxylation is 1. The first-order valence-electron chi connectivity index (χ1n) is 17.9. The second-order valence-corrected chi connectivity index (χ2v) is 15.3. The van der Waals surface area contributed by atoms with Crippen LogP contribution in [0, 0.1) is 29.6 Å². The lowest BCUT2D eigenvalue weighted by Gasteiger charge is -2.15. The molecule has 2 unspecified atom stereocenters. The van der Waals surface area contributed by atoms with Crippen LogP contribution in [0.15, 0.2) is 11.8 Å². The van der Waals surface area contributed by atoms with Crippen molar-refractivity contribution >= 4 is 11.9 Å². The fourth-order valence-corrected chi connectivity index (χ4v) is 4.50. The summed E-state index contributed by atoms with van der Waals surface area (Å²) >= 11 is 0. The predicted molar refractivity (Wildman–Crippen MR) is 188 cm³/mol. The van der Waals surface area contributed by atoms with Crippen molar-refractivity contribution in [1.29, 1.82) is 0 Å². The van der Waals surface area contributed by atoms with E-state index in [0.29, 0.717) is 34.5 Å². The Morgan fingerprint density at radius 3 is 1.84 bits per heavy atom. The molecule has 1 aromatic rings. The summed E-state index contributed by atoms with van der Waals surface area (Å²) in [6, 6.07) is 0. The molecule has 1 heterocycles. The van der Waals surface area contributed by atoms with Gasteiger partial charge in [0.15, 0.2) is 5.78 Å². The maximum Gasteiger partial charge on any atom is 0.258 e. The standard InChI is InChI=1S/C26H40F2N2O.C5H12.C4H8.C4H10/c1-6-8-9-13-21(12-7-2)14-10-11-15-24(31)23-17-29-22(20(4)30-23)16-19(3)25(5)18-26(25,27)28;1-5(2,3)4;1-4-2-3-4;1-3-4-2/h16-17,21H,6-15,18H2,1-5H3;1-4H3;4H,2-3H2,1H3;3-4H2,1-2H3/b19-16+;;;. The second-order valence-electron chi connectivity index (χ2n) is 15.3. The maximum atomic E-state index is 13.6. The Hall–Kier alpha value is -1.65. The molecule has 2 atom stereocenters. The van der Waals surface area contributed by atoms with Gasteiger partial charge in [0.05, 0.1) is 23.0 Å². The lowest BCUT2D eigenvalue weighted by Crippen LogP contribution is -2.09. The molecule has 3 nitrogen and oxygen atoms in total. The number of nitrogens with zero attached hydrogens (tertiary/aromatic N) is 2. The van der Waals surface area contributed by atoms with E-state index in [2.05, 4.69) is 72.3 Å². The average molecular weight is 621 g/mol. The highest BCUT2D eigenvalue weighted by Gasteiger charge is 2.68. The number of Topliss-reactive ketones (excluding diaryl/α,β-unsaturated/α-hetero) is 1. The van der Waals surface area contributed by atoms with Crippen LogP contribution in [0.25, 0.3) is 6.08 Å². The smallest absolute Gasteiger partial charge is 0.258 e. The van der Waals surface area contributed by atoms with Crippen LogP contribution in [-0.4, -0.2) is 21.7 Å². The number of rotatable bonds is 15. The number of halogens is 2. The summed E-state index contributed by atoms with van der Waals surface area (Å²) < 4.78 is 27.2. The highest BCUT2D eigenvalue weighted by molar-refractivity contribution is 5.94. The van der Waals surface area contributed by atoms with E-state index >= 15 is 0 Å². The van der Waals surface area contributed by atoms with Crippen molar-refractivity contribution in [3.05, 3.63) is 28.9 Å². The zero-order chi connectivity index (χ0) is 34.0. The Kier molecular flexibility index (Phi) is 20.4. The summed E-state index contributed by atoms with van der Waals surface area (Å²) in [6.45, 7) is 24.9. The van der Waals surface area contributed by atoms with Gasteiger partial charge in [0.2, 0.25) is 0 Å². The Morgan fingerprint density at radius 2 is 1.45 bits per heavy atom. The molecule has 2 saturated carbocycles. The molecule has 2 aliphatic rings. The fraction of sp³-hybridized carbons (Fsp3) is 0.821. The van der Waals surface area contributed by atoms with Crippen molar-refractivity contribution in [2.75, 3.05) is 0 Å². The minimum Gasteiger partial charge on any atom is -0.292 e. The molecule has 0 aromatic carbocycles. The SMILES string of the molecule is CC(C)(C)C.CC1CC1.CCCC.CCCCCC(CCC)CCCCC(=O)c1cnc(/C=C(\C)C2(C)CC2(F)F)c(C)n1. The van der Waals surface area contributed by atoms with Gasteiger partial charge < -0.3 is 0 Å². The third-order valence-electron chi connectivity index (χ3n) is 8.30. The van der Waals surface area contributed by atoms with E-state index < -0.39 is 11.3 Å². The zero-order valence-corrected chi connectivity index (χ0v) is 31.0. The van der Waals surface area contributed by atoms with E-state index in [1.54, 1.807) is 26.8 Å². The summed E-state index contributed by atoms with van der Waals surface area (Å²) in [5, 5.41) is 0. The van der Waals surface area contributed by atoms with Crippen molar-refractivity contribution in [2.24, 2.45) is 22.7 Å². The molecule has 1 aromatic heterocycles. The first-order chi connectivity index (χ1) is 20.4. The van der Waals surface area contributed by atoms with Gasteiger partial charge in [-0.1, -0.05) is 145 Å². The predicted octanol–water partition coefficient (Wildman–Crippen LogP) is 13.2. The van der Waals surface area contributed by atoms with Gasteiger partial charge in [-0.3, -0.25) is 9.78 Å². The van der Waals surface area contributed by atoms with Crippen molar-refractivity contribution < 1.29 is 13.6 Å². The first-order valence-corrected chi connectivity index (χ1v) is 17.9. The molecular formula is C39H70F2N2O. The number of aromatic nitrogens is 2. The Bertz CT molecular complexity index is 953. The monoisotopic (exact) mass is 621 g/mol. The van der Waals surface area contributed by atoms with Crippen LogP contribution in [0.1, 0.15) is 194 Å². The molecule has 256 valence electrons. The number of alkyl halides is 2. The fourth-order valence-electron chi connectivity index (χ4n) is 4.50. The van der Waals surface area contributed by atoms with E-state index in [4.69, 9.17) is 0 Å². The molecule has 2 fully saturated rings. The van der Waals surface area contributed by atoms with E-state index in [9.17, 15) is 13.6 Å². The van der Waals surface area contributed by atoms with Crippen LogP contribution in [-0.2, 0) is 0 Å². The average Bonchev–Trinajstić information content (AvgIpc) is 3.83. The van der Waals surface area contributed by atoms with Gasteiger partial charge in [0.1, 0.15) is 5.69 Å². The summed E-state index contributed by atoms with van der Waals surface area (Å²) in [5.41, 5.74) is 1.57. The number of carbonyl (C=O) groups is 1. The van der Waals surface area contributed by atoms with Crippen molar-refractivity contribution in [2.45, 2.75) is 185 Å². The van der Waals surface area contributed by atoms with E-state index in [1.807, 2.05) is 0 Å². The second kappa shape index (κ2) is 21.2. The Balaban J connectivity index is 0.00000118. The lowest BCUT2D eigenvalue weighted by molar-refractivity contribution is 0.0815. The number of unbranched alkanes of at least 4 members (excludes halogenated alkanes) is 4. The Morgan fingerprint density at radius 1 is 0.955 bits per heavy atom. The van der Waals surface area contributed by atoms with Gasteiger partial charge >= 0.3 is 0 Å². The molecule has 2 aliphatic carbocycles. The highest BCUT2D eigenvalue weighted by Crippen LogP contribution is 2.64. The van der Waals surface area contributed by atoms with Gasteiger partial charge in [-0.2, -0.15) is 0 Å². The van der Waals surface area contributed by atoms with Crippen molar-refractivity contribution in [3.63, 3.8) is 0 Å². The quantitative estimate of drug-likeness (QED) is 0.145. The van der Waals surface area contributed by atoms with Gasteiger partial charge in [-0.15, -0.1) is 0 Å². The maximum absolute atomic E-state index is 13.6. The normalized spacial score (nSPS) is 19.4. The minimum atomic E-state index is -2.64. The molecule has 5 heteroatoms. The van der Waals surface area contributed by atoms with Crippen LogP contribution in [0.5, 0.6) is 0 Å². The van der Waals surface area contributed by atoms with Gasteiger partial charge in [-0.05, 0) is 50.5 Å². The molecule has 0 saturated heterocycles. The summed E-state index contributed by atoms with van der Waals surface area (Å²) in [6.07, 6.45) is 20.0. The lowest BCUT2D eigenvalue weighted by atomic mass is 9.91. The van der Waals surface area contributed by atoms with Gasteiger partial charge in [0, 0.05) is 12.8 Å². The molecule has 3 rings (SSSR count). The molecule has 0 spiro atoms. The Labute approximate surface area is 271 Å². The largest absolute Gasteiger partial charge is 0.292 e. The third kappa shape index (κ3) is 19.0. The molecule has 0 amide bonds. The van der Waals surface area contributed by atoms with Crippen LogP contribution in [0.2, 0.25) is 0 Å². The first kappa shape index (κ1) is 42.3. The van der Waals surface area contributed by atoms with Crippen LogP contribution >= 0.6 is 0 Å². The van der Waals surface area contributed by atoms with Crippen molar-refractivity contribution in [1.82, 2.24) is 9.97 Å². The number of hydrogen-bond acceptors (Lipinski definition) is 3. The van der Waals surface area contributed by atoms with Crippen LogP contribution < -0.4 is 0 Å². The number of carbonyl (C=O) groups excluding carboxylic acids is 1. The van der Waals surface area contributed by atoms with Crippen LogP contribution in [0.3, 0.4) is 0 Å². The third-order valence-corrected chi connectivity index (χ3v) is 8.30. The summed E-state index contributed by atoms with van der Waals surface area (Å²) in [5.74, 6) is -0.762. The molecule has 0 N–H and O–H groups in total. The molecule has 0 radical (unpaired) electrons. The van der Waals surface area contributed by atoms with Gasteiger partial charge in [0.25, 0.3) is 5.92 Å². The van der Waals surface area contributed by atoms with Crippen molar-refractivity contribution in [3.8, 4) is 0 Å². The van der Waals surface area contributed by atoms with E-state index in [0.717, 1.165) is 24.7 Å². The summed E-state index contributed by atoms with van der Waals surface area (Å²) in [7, 11) is 0. The zero-order valence-electron chi connectivity index (χ0n) is 31.0. The molecule has 0 bridgehead atoms. The molecule has 0 aliphatic heterocycles. The number of allylic oxidation sites excluding steroid dienone is 1. The van der Waals surface area contributed by atoms with E-state index in [-0.39, 0.29) is 12.2 Å². The molecular weight excluding hydrogens is 550 g/mol. The topological polar surface area (TPSA) is 42.9 Å².